The monoisotopic (exact) mass is 506 g/mol. The smallest absolute Gasteiger partial charge is 0.277 e. The van der Waals surface area contributed by atoms with Crippen LogP contribution in [0.25, 0.3) is 11.5 Å². The SMILES string of the molecule is O=C(CSc1nnc(-c2ccc(NS(=O)(=O)c3ccccc3)cc2)o1)N1CCCc2ccccc21. The molecule has 4 aromatic rings. The van der Waals surface area contributed by atoms with E-state index in [9.17, 15) is 13.2 Å². The summed E-state index contributed by atoms with van der Waals surface area (Å²) in [5.41, 5.74) is 3.22. The van der Waals surface area contributed by atoms with Crippen LogP contribution in [0.4, 0.5) is 11.4 Å². The average Bonchev–Trinajstić information content (AvgIpc) is 3.37. The first-order chi connectivity index (χ1) is 17.0. The second-order valence-electron chi connectivity index (χ2n) is 7.94. The van der Waals surface area contributed by atoms with Crippen LogP contribution in [0.3, 0.4) is 0 Å². The first-order valence-corrected chi connectivity index (χ1v) is 13.5. The van der Waals surface area contributed by atoms with Crippen molar-refractivity contribution in [1.82, 2.24) is 10.2 Å². The van der Waals surface area contributed by atoms with Gasteiger partial charge in [0.1, 0.15) is 0 Å². The summed E-state index contributed by atoms with van der Waals surface area (Å²) in [6.07, 6.45) is 1.92. The lowest BCUT2D eigenvalue weighted by Crippen LogP contribution is -2.36. The van der Waals surface area contributed by atoms with Crippen LogP contribution in [0, 0.1) is 0 Å². The van der Waals surface area contributed by atoms with Crippen LogP contribution in [-0.2, 0) is 21.2 Å². The van der Waals surface area contributed by atoms with Crippen molar-refractivity contribution in [2.45, 2.75) is 23.0 Å². The molecule has 0 unspecified atom stereocenters. The maximum atomic E-state index is 12.8. The minimum absolute atomic E-state index is 0.00282. The summed E-state index contributed by atoms with van der Waals surface area (Å²) in [5, 5.41) is 8.40. The molecule has 178 valence electrons. The van der Waals surface area contributed by atoms with Crippen molar-refractivity contribution >= 4 is 39.1 Å². The third kappa shape index (κ3) is 5.23. The number of aromatic nitrogens is 2. The zero-order valence-corrected chi connectivity index (χ0v) is 20.3. The van der Waals surface area contributed by atoms with E-state index in [4.69, 9.17) is 4.42 Å². The Hall–Kier alpha value is -3.63. The van der Waals surface area contributed by atoms with Crippen LogP contribution in [-0.4, -0.2) is 36.8 Å². The highest BCUT2D eigenvalue weighted by Crippen LogP contribution is 2.29. The average molecular weight is 507 g/mol. The van der Waals surface area contributed by atoms with Gasteiger partial charge in [-0.05, 0) is 60.9 Å². The van der Waals surface area contributed by atoms with E-state index in [0.29, 0.717) is 28.9 Å². The molecule has 0 spiro atoms. The number of fused-ring (bicyclic) bond motifs is 1. The number of para-hydroxylation sites is 1. The minimum Gasteiger partial charge on any atom is -0.411 e. The molecule has 2 heterocycles. The fourth-order valence-corrected chi connectivity index (χ4v) is 5.59. The zero-order chi connectivity index (χ0) is 24.3. The Balaban J connectivity index is 1.21. The largest absolute Gasteiger partial charge is 0.411 e. The first kappa shape index (κ1) is 23.1. The van der Waals surface area contributed by atoms with Crippen LogP contribution in [0.2, 0.25) is 0 Å². The van der Waals surface area contributed by atoms with E-state index in [2.05, 4.69) is 21.0 Å². The molecular weight excluding hydrogens is 484 g/mol. The number of hydrogen-bond acceptors (Lipinski definition) is 7. The molecule has 0 saturated heterocycles. The van der Waals surface area contributed by atoms with E-state index in [1.165, 1.54) is 29.5 Å². The molecule has 8 nitrogen and oxygen atoms in total. The molecule has 10 heteroatoms. The number of anilines is 2. The molecule has 1 N–H and O–H groups in total. The lowest BCUT2D eigenvalue weighted by molar-refractivity contribution is -0.116. The molecule has 1 aliphatic heterocycles. The summed E-state index contributed by atoms with van der Waals surface area (Å²) in [6.45, 7) is 0.700. The number of carbonyl (C=O) groups excluding carboxylic acids is 1. The van der Waals surface area contributed by atoms with Crippen molar-refractivity contribution in [1.29, 1.82) is 0 Å². The quantitative estimate of drug-likeness (QED) is 0.365. The van der Waals surface area contributed by atoms with E-state index in [1.54, 1.807) is 42.5 Å². The first-order valence-electron chi connectivity index (χ1n) is 11.0. The van der Waals surface area contributed by atoms with E-state index >= 15 is 0 Å². The molecule has 1 aromatic heterocycles. The standard InChI is InChI=1S/C25H22N4O4S2/c30-23(29-16-6-8-18-7-4-5-11-22(18)29)17-34-25-27-26-24(33-25)19-12-14-20(15-13-19)28-35(31,32)21-9-2-1-3-10-21/h1-5,7,9-15,28H,6,8,16-17H2. The van der Waals surface area contributed by atoms with Gasteiger partial charge in [-0.1, -0.05) is 48.2 Å². The molecular formula is C25H22N4O4S2. The molecule has 5 rings (SSSR count). The summed E-state index contributed by atoms with van der Waals surface area (Å²) in [7, 11) is -3.67. The fourth-order valence-electron chi connectivity index (χ4n) is 3.87. The molecule has 35 heavy (non-hydrogen) atoms. The highest BCUT2D eigenvalue weighted by molar-refractivity contribution is 7.99. The van der Waals surface area contributed by atoms with Gasteiger partial charge in [0.15, 0.2) is 0 Å². The molecule has 0 fully saturated rings. The van der Waals surface area contributed by atoms with Crippen molar-refractivity contribution in [3.8, 4) is 11.5 Å². The molecule has 0 bridgehead atoms. The highest BCUT2D eigenvalue weighted by Gasteiger charge is 2.23. The molecule has 1 amide bonds. The predicted octanol–water partition coefficient (Wildman–Crippen LogP) is 4.61. The van der Waals surface area contributed by atoms with E-state index in [1.807, 2.05) is 23.1 Å². The van der Waals surface area contributed by atoms with E-state index in [-0.39, 0.29) is 16.6 Å². The number of carbonyl (C=O) groups is 1. The van der Waals surface area contributed by atoms with Crippen molar-refractivity contribution in [2.24, 2.45) is 0 Å². The Kier molecular flexibility index (Phi) is 6.56. The Labute approximate surface area is 207 Å². The summed E-state index contributed by atoms with van der Waals surface area (Å²) in [4.78, 5) is 14.8. The Morgan fingerprint density at radius 2 is 1.71 bits per heavy atom. The zero-order valence-electron chi connectivity index (χ0n) is 18.6. The van der Waals surface area contributed by atoms with E-state index in [0.717, 1.165) is 18.5 Å². The maximum absolute atomic E-state index is 12.8. The van der Waals surface area contributed by atoms with Crippen molar-refractivity contribution in [3.05, 3.63) is 84.4 Å². The summed E-state index contributed by atoms with van der Waals surface area (Å²) in [5.74, 6) is 0.480. The lowest BCUT2D eigenvalue weighted by Gasteiger charge is -2.29. The topological polar surface area (TPSA) is 105 Å². The van der Waals surface area contributed by atoms with Crippen molar-refractivity contribution < 1.29 is 17.6 Å². The number of nitrogens with zero attached hydrogens (tertiary/aromatic N) is 3. The third-order valence-electron chi connectivity index (χ3n) is 5.57. The van der Waals surface area contributed by atoms with Crippen LogP contribution in [0.5, 0.6) is 0 Å². The second-order valence-corrected chi connectivity index (χ2v) is 10.5. The number of aryl methyl sites for hydroxylation is 1. The molecule has 1 aliphatic rings. The van der Waals surface area contributed by atoms with Gasteiger partial charge in [-0.25, -0.2) is 8.42 Å². The van der Waals surface area contributed by atoms with Gasteiger partial charge < -0.3 is 9.32 Å². The van der Waals surface area contributed by atoms with Crippen molar-refractivity contribution in [2.75, 3.05) is 21.9 Å². The van der Waals surface area contributed by atoms with Crippen molar-refractivity contribution in [3.63, 3.8) is 0 Å². The predicted molar refractivity (Wildman–Crippen MR) is 135 cm³/mol. The number of nitrogens with one attached hydrogen (secondary N) is 1. The maximum Gasteiger partial charge on any atom is 0.277 e. The Morgan fingerprint density at radius 3 is 2.51 bits per heavy atom. The van der Waals surface area contributed by atoms with Gasteiger partial charge in [-0.2, -0.15) is 0 Å². The number of sulfonamides is 1. The number of hydrogen-bond donors (Lipinski definition) is 1. The lowest BCUT2D eigenvalue weighted by atomic mass is 10.0. The summed E-state index contributed by atoms with van der Waals surface area (Å²) >= 11 is 1.20. The summed E-state index contributed by atoms with van der Waals surface area (Å²) in [6, 6.07) is 22.8. The fraction of sp³-hybridized carbons (Fsp3) is 0.160. The molecule has 0 saturated carbocycles. The van der Waals surface area contributed by atoms with Gasteiger partial charge in [0.2, 0.25) is 11.8 Å². The Bertz CT molecular complexity index is 1440. The summed E-state index contributed by atoms with van der Waals surface area (Å²) < 4.78 is 33.2. The normalized spacial score (nSPS) is 13.3. The number of rotatable bonds is 7. The van der Waals surface area contributed by atoms with Crippen LogP contribution < -0.4 is 9.62 Å². The number of amides is 1. The van der Waals surface area contributed by atoms with Gasteiger partial charge in [0.25, 0.3) is 15.2 Å². The number of benzene rings is 3. The highest BCUT2D eigenvalue weighted by atomic mass is 32.2. The molecule has 0 radical (unpaired) electrons. The molecule has 3 aromatic carbocycles. The van der Waals surface area contributed by atoms with Gasteiger partial charge in [-0.15, -0.1) is 10.2 Å². The molecule has 0 aliphatic carbocycles. The van der Waals surface area contributed by atoms with Gasteiger partial charge >= 0.3 is 0 Å². The van der Waals surface area contributed by atoms with Crippen LogP contribution in [0.1, 0.15) is 12.0 Å². The van der Waals surface area contributed by atoms with Crippen LogP contribution in [0.15, 0.2) is 93.4 Å². The Morgan fingerprint density at radius 1 is 0.971 bits per heavy atom. The second kappa shape index (κ2) is 9.93. The third-order valence-corrected chi connectivity index (χ3v) is 7.77. The van der Waals surface area contributed by atoms with Gasteiger partial charge in [0.05, 0.1) is 10.6 Å². The minimum atomic E-state index is -3.67. The van der Waals surface area contributed by atoms with Gasteiger partial charge in [0, 0.05) is 23.5 Å². The molecule has 0 atom stereocenters. The number of thioether (sulfide) groups is 1. The van der Waals surface area contributed by atoms with Crippen LogP contribution >= 0.6 is 11.8 Å². The van der Waals surface area contributed by atoms with Gasteiger partial charge in [-0.3, -0.25) is 9.52 Å². The van der Waals surface area contributed by atoms with E-state index < -0.39 is 10.0 Å².